The van der Waals surface area contributed by atoms with Crippen LogP contribution in [0.5, 0.6) is 0 Å². The molecule has 0 saturated heterocycles. The maximum atomic E-state index is 11.5. The second kappa shape index (κ2) is 7.82. The first kappa shape index (κ1) is 18.0. The van der Waals surface area contributed by atoms with E-state index in [0.29, 0.717) is 0 Å². The minimum Gasteiger partial charge on any atom is -0.672 e. The predicted molar refractivity (Wildman–Crippen MR) is 80.9 cm³/mol. The maximum absolute atomic E-state index is 11.5. The third-order valence-corrected chi connectivity index (χ3v) is 3.53. The van der Waals surface area contributed by atoms with Crippen molar-refractivity contribution in [1.29, 1.82) is 0 Å². The van der Waals surface area contributed by atoms with Gasteiger partial charge in [-0.25, -0.2) is 8.42 Å². The van der Waals surface area contributed by atoms with Gasteiger partial charge in [0.25, 0.3) is 0 Å². The Kier molecular flexibility index (Phi) is 6.71. The van der Waals surface area contributed by atoms with E-state index >= 15 is 0 Å². The Hall–Kier alpha value is -1.04. The van der Waals surface area contributed by atoms with Crippen LogP contribution in [0.1, 0.15) is 23.2 Å². The van der Waals surface area contributed by atoms with E-state index in [1.165, 1.54) is 0 Å². The first-order valence-electron chi connectivity index (χ1n) is 6.20. The van der Waals surface area contributed by atoms with E-state index in [1.807, 2.05) is 48.5 Å². The first-order chi connectivity index (χ1) is 9.47. The molecule has 115 valence electrons. The van der Waals surface area contributed by atoms with Crippen LogP contribution < -0.4 is 0 Å². The van der Waals surface area contributed by atoms with Crippen LogP contribution in [0.4, 0.5) is 0 Å². The van der Waals surface area contributed by atoms with Crippen LogP contribution in [0.15, 0.2) is 60.7 Å². The molecule has 1 N–H and O–H groups in total. The molecule has 0 unspecified atom stereocenters. The summed E-state index contributed by atoms with van der Waals surface area (Å²) in [7, 11) is -3.52. The molecule has 0 spiro atoms. The number of hydrogen-bond donors (Lipinski definition) is 0. The summed E-state index contributed by atoms with van der Waals surface area (Å²) in [5, 5.41) is 0. The fourth-order valence-corrected chi connectivity index (χ4v) is 2.67. The van der Waals surface area contributed by atoms with Crippen molar-refractivity contribution in [3.8, 4) is 0 Å². The largest absolute Gasteiger partial charge is 0.672 e. The molecule has 0 fully saturated rings. The quantitative estimate of drug-likeness (QED) is 0.652. The van der Waals surface area contributed by atoms with E-state index in [2.05, 4.69) is 4.72 Å². The summed E-state index contributed by atoms with van der Waals surface area (Å²) in [4.78, 5) is 0. The zero-order valence-corrected chi connectivity index (χ0v) is 14.6. The van der Waals surface area contributed by atoms with Crippen molar-refractivity contribution in [2.75, 3.05) is 6.26 Å². The topological polar surface area (TPSA) is 72.0 Å². The molecule has 0 aliphatic heterocycles. The van der Waals surface area contributed by atoms with Crippen molar-refractivity contribution in [2.45, 2.75) is 12.1 Å². The summed E-state index contributed by atoms with van der Waals surface area (Å²) in [6.45, 7) is 0. The minimum atomic E-state index is -3.52. The van der Waals surface area contributed by atoms with Crippen molar-refractivity contribution in [2.24, 2.45) is 0 Å². The van der Waals surface area contributed by atoms with Crippen LogP contribution >= 0.6 is 0 Å². The standard InChI is InChI=1S/C15H16N2O2S.Ir/c1-20(18,19)17-15(13-10-6-3-7-11-13)14(16)12-8-4-2-5-9-12;/h2-11,14-16H,1H3;/q-2;/t14-,15-;/m0./s1. The molecular formula is C15H16IrN2O2S-2. The molecule has 0 aliphatic rings. The summed E-state index contributed by atoms with van der Waals surface area (Å²) < 4.78 is 26.8. The van der Waals surface area contributed by atoms with Gasteiger partial charge in [0, 0.05) is 26.4 Å². The van der Waals surface area contributed by atoms with Crippen LogP contribution in [0.2, 0.25) is 0 Å². The van der Waals surface area contributed by atoms with Crippen LogP contribution in [0.3, 0.4) is 0 Å². The van der Waals surface area contributed by atoms with E-state index in [-0.39, 0.29) is 20.1 Å². The molecule has 2 aromatic rings. The molecule has 0 aliphatic carbocycles. The number of rotatable bonds is 5. The van der Waals surface area contributed by atoms with Gasteiger partial charge in [-0.3, -0.25) is 0 Å². The van der Waals surface area contributed by atoms with E-state index < -0.39 is 22.1 Å². The summed E-state index contributed by atoms with van der Waals surface area (Å²) in [6, 6.07) is 16.7. The molecule has 0 bridgehead atoms. The maximum Gasteiger partial charge on any atom is 0.0696 e. The smallest absolute Gasteiger partial charge is 0.0696 e. The van der Waals surface area contributed by atoms with Crippen molar-refractivity contribution < 1.29 is 28.5 Å². The fraction of sp³-hybridized carbons (Fsp3) is 0.200. The Morgan fingerprint density at radius 3 is 1.76 bits per heavy atom. The summed E-state index contributed by atoms with van der Waals surface area (Å²) in [5.41, 5.74) is 9.80. The van der Waals surface area contributed by atoms with Gasteiger partial charge < -0.3 is 10.5 Å². The minimum absolute atomic E-state index is 0. The number of benzene rings is 2. The number of nitrogens with zero attached hydrogens (tertiary/aromatic N) is 1. The predicted octanol–water partition coefficient (Wildman–Crippen LogP) is 3.85. The van der Waals surface area contributed by atoms with Gasteiger partial charge in [0.2, 0.25) is 0 Å². The van der Waals surface area contributed by atoms with E-state index in [1.54, 1.807) is 12.1 Å². The summed E-state index contributed by atoms with van der Waals surface area (Å²) in [6.07, 6.45) is 1.06. The average molecular weight is 481 g/mol. The Balaban J connectivity index is 0.00000220. The second-order valence-corrected chi connectivity index (χ2v) is 6.26. The molecule has 6 heteroatoms. The molecule has 2 aromatic carbocycles. The van der Waals surface area contributed by atoms with Gasteiger partial charge in [0.05, 0.1) is 10.0 Å². The third kappa shape index (κ3) is 5.34. The Labute approximate surface area is 139 Å². The number of hydrogen-bond acceptors (Lipinski definition) is 2. The van der Waals surface area contributed by atoms with Gasteiger partial charge in [-0.05, 0) is 0 Å². The summed E-state index contributed by atoms with van der Waals surface area (Å²) in [5.74, 6) is 0. The number of sulfonamides is 1. The van der Waals surface area contributed by atoms with Crippen molar-refractivity contribution in [3.05, 3.63) is 82.2 Å². The van der Waals surface area contributed by atoms with E-state index in [9.17, 15) is 8.42 Å². The molecule has 0 aromatic heterocycles. The zero-order valence-electron chi connectivity index (χ0n) is 11.4. The van der Waals surface area contributed by atoms with Crippen LogP contribution in [-0.2, 0) is 30.1 Å². The zero-order chi connectivity index (χ0) is 14.6. The Bertz CT molecular complexity index is 648. The Morgan fingerprint density at radius 1 is 0.905 bits per heavy atom. The molecular weight excluding hydrogens is 464 g/mol. The molecule has 4 nitrogen and oxygen atoms in total. The molecule has 0 heterocycles. The SMILES string of the molecule is CS(=O)(=O)[N-][C@@H](c1ccccc1)[C@@H]([NH-])c1ccccc1.[Ir]. The average Bonchev–Trinajstić information content (AvgIpc) is 2.45. The normalized spacial score (nSPS) is 14.0. The molecule has 21 heavy (non-hydrogen) atoms. The molecule has 1 radical (unpaired) electrons. The third-order valence-electron chi connectivity index (χ3n) is 2.92. The van der Waals surface area contributed by atoms with Gasteiger partial charge in [-0.1, -0.05) is 71.8 Å². The molecule has 2 rings (SSSR count). The summed E-state index contributed by atoms with van der Waals surface area (Å²) >= 11 is 0. The van der Waals surface area contributed by atoms with Gasteiger partial charge in [-0.2, -0.15) is 0 Å². The van der Waals surface area contributed by atoms with Crippen LogP contribution in [0, 0.1) is 0 Å². The number of nitrogens with one attached hydrogen (secondary N) is 1. The van der Waals surface area contributed by atoms with Gasteiger partial charge >= 0.3 is 0 Å². The second-order valence-electron chi connectivity index (χ2n) is 4.58. The molecule has 2 atom stereocenters. The molecule has 0 saturated carbocycles. The first-order valence-corrected chi connectivity index (χ1v) is 8.05. The van der Waals surface area contributed by atoms with Gasteiger partial charge in [0.1, 0.15) is 0 Å². The van der Waals surface area contributed by atoms with Crippen LogP contribution in [-0.4, -0.2) is 14.7 Å². The Morgan fingerprint density at radius 2 is 1.33 bits per heavy atom. The van der Waals surface area contributed by atoms with Crippen molar-refractivity contribution in [1.82, 2.24) is 0 Å². The fourth-order valence-electron chi connectivity index (χ4n) is 2.01. The van der Waals surface area contributed by atoms with Gasteiger partial charge in [0.15, 0.2) is 0 Å². The molecule has 0 amide bonds. The van der Waals surface area contributed by atoms with Crippen molar-refractivity contribution >= 4 is 10.0 Å². The van der Waals surface area contributed by atoms with Gasteiger partial charge in [-0.15, -0.1) is 12.1 Å². The monoisotopic (exact) mass is 481 g/mol. The van der Waals surface area contributed by atoms with Crippen LogP contribution in [0.25, 0.3) is 10.5 Å². The van der Waals surface area contributed by atoms with E-state index in [0.717, 1.165) is 17.4 Å². The van der Waals surface area contributed by atoms with Crippen molar-refractivity contribution in [3.63, 3.8) is 0 Å². The van der Waals surface area contributed by atoms with E-state index in [4.69, 9.17) is 5.73 Å².